The van der Waals surface area contributed by atoms with E-state index in [1.807, 2.05) is 31.2 Å². The van der Waals surface area contributed by atoms with Gasteiger partial charge in [0.1, 0.15) is 11.5 Å². The molecule has 0 spiro atoms. The van der Waals surface area contributed by atoms with Crippen LogP contribution in [0.4, 0.5) is 0 Å². The SMILES string of the molecule is CCOC(=O)CCN(Cc1ccc(C)cc1)C(=O)c1cc(OC)cc(OC)c1. The van der Waals surface area contributed by atoms with Crippen molar-refractivity contribution in [2.24, 2.45) is 0 Å². The molecule has 2 aromatic rings. The van der Waals surface area contributed by atoms with Crippen molar-refractivity contribution < 1.29 is 23.8 Å². The van der Waals surface area contributed by atoms with Crippen LogP contribution in [0.2, 0.25) is 0 Å². The standard InChI is InChI=1S/C22H27NO5/c1-5-28-21(24)10-11-23(15-17-8-6-16(2)7-9-17)22(25)18-12-19(26-3)14-20(13-18)27-4/h6-9,12-14H,5,10-11,15H2,1-4H3. The van der Waals surface area contributed by atoms with E-state index in [1.54, 1.807) is 30.0 Å². The summed E-state index contributed by atoms with van der Waals surface area (Å²) in [6, 6.07) is 13.0. The van der Waals surface area contributed by atoms with E-state index in [2.05, 4.69) is 0 Å². The second-order valence-corrected chi connectivity index (χ2v) is 6.37. The minimum Gasteiger partial charge on any atom is -0.497 e. The van der Waals surface area contributed by atoms with Crippen molar-refractivity contribution in [1.82, 2.24) is 4.90 Å². The molecule has 0 N–H and O–H groups in total. The lowest BCUT2D eigenvalue weighted by Gasteiger charge is -2.23. The van der Waals surface area contributed by atoms with E-state index in [0.29, 0.717) is 30.2 Å². The Balaban J connectivity index is 2.26. The molecule has 0 fully saturated rings. The Hall–Kier alpha value is -3.02. The molecular weight excluding hydrogens is 358 g/mol. The minimum absolute atomic E-state index is 0.131. The zero-order valence-corrected chi connectivity index (χ0v) is 16.9. The van der Waals surface area contributed by atoms with Crippen LogP contribution in [0.15, 0.2) is 42.5 Å². The Labute approximate surface area is 166 Å². The summed E-state index contributed by atoms with van der Waals surface area (Å²) in [4.78, 5) is 26.6. The lowest BCUT2D eigenvalue weighted by molar-refractivity contribution is -0.143. The average Bonchev–Trinajstić information content (AvgIpc) is 2.71. The number of amides is 1. The molecule has 1 amide bonds. The molecule has 0 aliphatic carbocycles. The van der Waals surface area contributed by atoms with Crippen LogP contribution >= 0.6 is 0 Å². The molecule has 0 aromatic heterocycles. The van der Waals surface area contributed by atoms with Crippen LogP contribution in [0.25, 0.3) is 0 Å². The third kappa shape index (κ3) is 6.01. The van der Waals surface area contributed by atoms with Gasteiger partial charge in [-0.25, -0.2) is 0 Å². The molecule has 0 aliphatic rings. The van der Waals surface area contributed by atoms with Gasteiger partial charge in [-0.15, -0.1) is 0 Å². The van der Waals surface area contributed by atoms with E-state index in [0.717, 1.165) is 11.1 Å². The number of methoxy groups -OCH3 is 2. The van der Waals surface area contributed by atoms with Crippen molar-refractivity contribution in [3.05, 3.63) is 59.2 Å². The zero-order chi connectivity index (χ0) is 20.5. The normalized spacial score (nSPS) is 10.3. The summed E-state index contributed by atoms with van der Waals surface area (Å²) in [5.41, 5.74) is 2.57. The van der Waals surface area contributed by atoms with Crippen molar-refractivity contribution in [3.63, 3.8) is 0 Å². The molecule has 0 radical (unpaired) electrons. The van der Waals surface area contributed by atoms with Gasteiger partial charge in [0.25, 0.3) is 5.91 Å². The Kier molecular flexibility index (Phi) is 7.87. The molecule has 2 rings (SSSR count). The van der Waals surface area contributed by atoms with Gasteiger partial charge in [-0.2, -0.15) is 0 Å². The third-order valence-electron chi connectivity index (χ3n) is 4.27. The number of aryl methyl sites for hydroxylation is 1. The number of nitrogens with zero attached hydrogens (tertiary/aromatic N) is 1. The van der Waals surface area contributed by atoms with Crippen LogP contribution < -0.4 is 9.47 Å². The summed E-state index contributed by atoms with van der Waals surface area (Å²) in [7, 11) is 3.07. The summed E-state index contributed by atoms with van der Waals surface area (Å²) in [5.74, 6) is 0.529. The molecule has 0 heterocycles. The van der Waals surface area contributed by atoms with Gasteiger partial charge in [0, 0.05) is 24.7 Å². The highest BCUT2D eigenvalue weighted by Crippen LogP contribution is 2.24. The van der Waals surface area contributed by atoms with E-state index in [9.17, 15) is 9.59 Å². The summed E-state index contributed by atoms with van der Waals surface area (Å²) in [5, 5.41) is 0. The first-order valence-electron chi connectivity index (χ1n) is 9.20. The van der Waals surface area contributed by atoms with Gasteiger partial charge in [-0.1, -0.05) is 29.8 Å². The Morgan fingerprint density at radius 3 is 2.11 bits per heavy atom. The first-order chi connectivity index (χ1) is 13.5. The lowest BCUT2D eigenvalue weighted by Crippen LogP contribution is -2.33. The molecule has 150 valence electrons. The maximum absolute atomic E-state index is 13.2. The van der Waals surface area contributed by atoms with E-state index < -0.39 is 0 Å². The van der Waals surface area contributed by atoms with Crippen molar-refractivity contribution in [3.8, 4) is 11.5 Å². The van der Waals surface area contributed by atoms with E-state index in [-0.39, 0.29) is 24.8 Å². The number of ether oxygens (including phenoxy) is 3. The van der Waals surface area contributed by atoms with Crippen LogP contribution in [-0.2, 0) is 16.1 Å². The highest BCUT2D eigenvalue weighted by atomic mass is 16.5. The van der Waals surface area contributed by atoms with E-state index in [4.69, 9.17) is 14.2 Å². The zero-order valence-electron chi connectivity index (χ0n) is 16.9. The van der Waals surface area contributed by atoms with Crippen molar-refractivity contribution in [1.29, 1.82) is 0 Å². The summed E-state index contributed by atoms with van der Waals surface area (Å²) in [6.07, 6.45) is 0.131. The average molecular weight is 385 g/mol. The smallest absolute Gasteiger partial charge is 0.307 e. The van der Waals surface area contributed by atoms with Crippen LogP contribution in [0, 0.1) is 6.92 Å². The first-order valence-corrected chi connectivity index (χ1v) is 9.20. The van der Waals surface area contributed by atoms with Crippen LogP contribution in [0.3, 0.4) is 0 Å². The van der Waals surface area contributed by atoms with Gasteiger partial charge in [-0.3, -0.25) is 9.59 Å². The minimum atomic E-state index is -0.326. The maximum Gasteiger partial charge on any atom is 0.307 e. The number of rotatable bonds is 9. The first kappa shape index (κ1) is 21.3. The molecule has 28 heavy (non-hydrogen) atoms. The van der Waals surface area contributed by atoms with Crippen LogP contribution in [-0.4, -0.2) is 44.1 Å². The van der Waals surface area contributed by atoms with Crippen LogP contribution in [0.5, 0.6) is 11.5 Å². The van der Waals surface area contributed by atoms with Gasteiger partial charge in [0.2, 0.25) is 0 Å². The molecule has 0 aliphatic heterocycles. The van der Waals surface area contributed by atoms with Crippen LogP contribution in [0.1, 0.15) is 34.8 Å². The monoisotopic (exact) mass is 385 g/mol. The topological polar surface area (TPSA) is 65.1 Å². The highest BCUT2D eigenvalue weighted by molar-refractivity contribution is 5.95. The second-order valence-electron chi connectivity index (χ2n) is 6.37. The molecule has 0 saturated heterocycles. The van der Waals surface area contributed by atoms with Gasteiger partial charge >= 0.3 is 5.97 Å². The van der Waals surface area contributed by atoms with Crippen molar-refractivity contribution in [2.45, 2.75) is 26.8 Å². The predicted molar refractivity (Wildman–Crippen MR) is 107 cm³/mol. The molecule has 6 nitrogen and oxygen atoms in total. The Morgan fingerprint density at radius 2 is 1.57 bits per heavy atom. The lowest BCUT2D eigenvalue weighted by atomic mass is 10.1. The molecule has 6 heteroatoms. The fourth-order valence-corrected chi connectivity index (χ4v) is 2.74. The predicted octanol–water partition coefficient (Wildman–Crippen LogP) is 3.61. The molecule has 0 bridgehead atoms. The second kappa shape index (κ2) is 10.3. The Bertz CT molecular complexity index is 779. The number of hydrogen-bond acceptors (Lipinski definition) is 5. The fourth-order valence-electron chi connectivity index (χ4n) is 2.74. The van der Waals surface area contributed by atoms with Gasteiger partial charge in [-0.05, 0) is 31.5 Å². The maximum atomic E-state index is 13.2. The molecule has 2 aromatic carbocycles. The summed E-state index contributed by atoms with van der Waals surface area (Å²) < 4.78 is 15.5. The summed E-state index contributed by atoms with van der Waals surface area (Å²) >= 11 is 0. The van der Waals surface area contributed by atoms with Crippen molar-refractivity contribution >= 4 is 11.9 Å². The van der Waals surface area contributed by atoms with Gasteiger partial charge < -0.3 is 19.1 Å². The highest BCUT2D eigenvalue weighted by Gasteiger charge is 2.19. The van der Waals surface area contributed by atoms with Crippen molar-refractivity contribution in [2.75, 3.05) is 27.4 Å². The summed E-state index contributed by atoms with van der Waals surface area (Å²) in [6.45, 7) is 4.73. The van der Waals surface area contributed by atoms with E-state index in [1.165, 1.54) is 14.2 Å². The largest absolute Gasteiger partial charge is 0.497 e. The number of carbonyl (C=O) groups is 2. The number of benzene rings is 2. The van der Waals surface area contributed by atoms with Gasteiger partial charge in [0.05, 0.1) is 27.2 Å². The third-order valence-corrected chi connectivity index (χ3v) is 4.27. The molecule has 0 atom stereocenters. The number of esters is 1. The quantitative estimate of drug-likeness (QED) is 0.617. The molecule has 0 saturated carbocycles. The number of carbonyl (C=O) groups excluding carboxylic acids is 2. The Morgan fingerprint density at radius 1 is 0.964 bits per heavy atom. The number of hydrogen-bond donors (Lipinski definition) is 0. The molecule has 0 unspecified atom stereocenters. The van der Waals surface area contributed by atoms with E-state index >= 15 is 0 Å². The fraction of sp³-hybridized carbons (Fsp3) is 0.364. The molecular formula is C22H27NO5. The van der Waals surface area contributed by atoms with Gasteiger partial charge in [0.15, 0.2) is 0 Å².